The summed E-state index contributed by atoms with van der Waals surface area (Å²) in [6.07, 6.45) is -1.01. The molecule has 0 heterocycles. The molecule has 0 aliphatic carbocycles. The number of carbonyl (C=O) groups excluding carboxylic acids is 2. The summed E-state index contributed by atoms with van der Waals surface area (Å²) in [5, 5.41) is 3.09. The lowest BCUT2D eigenvalue weighted by Gasteiger charge is -2.31. The van der Waals surface area contributed by atoms with E-state index in [0.29, 0.717) is 17.1 Å². The van der Waals surface area contributed by atoms with Crippen molar-refractivity contribution >= 4 is 24.0 Å². The SMILES string of the molecule is Cc1ccc([C@@H](Oc2ccc(C)cc2Cl)[C@H](C)OC[C@@](C)(C=O)NC(=O)OC(C)(C)C)cc1. The van der Waals surface area contributed by atoms with E-state index >= 15 is 0 Å². The molecule has 2 rings (SSSR count). The quantitative estimate of drug-likeness (QED) is 0.452. The second kappa shape index (κ2) is 11.0. The minimum Gasteiger partial charge on any atom is -0.481 e. The first-order valence-electron chi connectivity index (χ1n) is 10.9. The second-order valence-corrected chi connectivity index (χ2v) is 9.97. The Morgan fingerprint density at radius 2 is 1.67 bits per heavy atom. The number of rotatable bonds is 9. The number of carbonyl (C=O) groups is 2. The maximum absolute atomic E-state index is 12.2. The number of aryl methyl sites for hydroxylation is 2. The molecule has 2 aromatic rings. The van der Waals surface area contributed by atoms with E-state index in [9.17, 15) is 9.59 Å². The molecule has 0 aliphatic rings. The van der Waals surface area contributed by atoms with Crippen molar-refractivity contribution in [3.8, 4) is 5.75 Å². The molecule has 2 aromatic carbocycles. The summed E-state index contributed by atoms with van der Waals surface area (Å²) in [7, 11) is 0. The monoisotopic (exact) mass is 475 g/mol. The minimum atomic E-state index is -1.27. The zero-order chi connectivity index (χ0) is 24.8. The van der Waals surface area contributed by atoms with Crippen LogP contribution in [0.1, 0.15) is 57.4 Å². The van der Waals surface area contributed by atoms with E-state index in [0.717, 1.165) is 16.7 Å². The van der Waals surface area contributed by atoms with Crippen molar-refractivity contribution in [2.24, 2.45) is 0 Å². The lowest BCUT2D eigenvalue weighted by molar-refractivity contribution is -0.117. The van der Waals surface area contributed by atoms with Crippen LogP contribution < -0.4 is 10.1 Å². The third-order valence-corrected chi connectivity index (χ3v) is 5.16. The van der Waals surface area contributed by atoms with E-state index in [4.69, 9.17) is 25.8 Å². The molecule has 6 nitrogen and oxygen atoms in total. The molecule has 0 bridgehead atoms. The predicted octanol–water partition coefficient (Wildman–Crippen LogP) is 5.96. The molecular weight excluding hydrogens is 442 g/mol. The molecule has 1 N–H and O–H groups in total. The lowest BCUT2D eigenvalue weighted by atomic mass is 10.0. The summed E-state index contributed by atoms with van der Waals surface area (Å²) < 4.78 is 17.6. The second-order valence-electron chi connectivity index (χ2n) is 9.56. The molecule has 1 amide bonds. The van der Waals surface area contributed by atoms with Crippen LogP contribution in [0.5, 0.6) is 5.75 Å². The summed E-state index contributed by atoms with van der Waals surface area (Å²) in [4.78, 5) is 24.0. The number of hydrogen-bond acceptors (Lipinski definition) is 5. The molecular formula is C26H34ClNO5. The van der Waals surface area contributed by atoms with Crippen molar-refractivity contribution in [1.82, 2.24) is 5.32 Å². The number of hydrogen-bond donors (Lipinski definition) is 1. The van der Waals surface area contributed by atoms with E-state index in [2.05, 4.69) is 5.32 Å². The van der Waals surface area contributed by atoms with Crippen LogP contribution in [0.3, 0.4) is 0 Å². The number of aldehydes is 1. The highest BCUT2D eigenvalue weighted by Gasteiger charge is 2.32. The van der Waals surface area contributed by atoms with Crippen molar-refractivity contribution in [2.75, 3.05) is 6.61 Å². The zero-order valence-electron chi connectivity index (χ0n) is 20.4. The van der Waals surface area contributed by atoms with E-state index in [1.54, 1.807) is 27.7 Å². The molecule has 0 spiro atoms. The van der Waals surface area contributed by atoms with E-state index in [1.807, 2.05) is 63.2 Å². The van der Waals surface area contributed by atoms with E-state index < -0.39 is 29.4 Å². The van der Waals surface area contributed by atoms with Crippen LogP contribution >= 0.6 is 11.6 Å². The number of ether oxygens (including phenoxy) is 3. The van der Waals surface area contributed by atoms with Gasteiger partial charge in [0, 0.05) is 0 Å². The topological polar surface area (TPSA) is 73.9 Å². The third-order valence-electron chi connectivity index (χ3n) is 4.87. The molecule has 0 unspecified atom stereocenters. The van der Waals surface area contributed by atoms with Gasteiger partial charge in [0.1, 0.15) is 29.3 Å². The first kappa shape index (κ1) is 26.7. The fraction of sp³-hybridized carbons (Fsp3) is 0.462. The van der Waals surface area contributed by atoms with Crippen molar-refractivity contribution in [2.45, 2.75) is 71.8 Å². The molecule has 180 valence electrons. The highest BCUT2D eigenvalue weighted by atomic mass is 35.5. The van der Waals surface area contributed by atoms with Gasteiger partial charge in [0.2, 0.25) is 0 Å². The Kier molecular flexibility index (Phi) is 8.92. The molecule has 0 fully saturated rings. The van der Waals surface area contributed by atoms with Gasteiger partial charge in [-0.15, -0.1) is 0 Å². The average molecular weight is 476 g/mol. The van der Waals surface area contributed by atoms with Gasteiger partial charge >= 0.3 is 6.09 Å². The minimum absolute atomic E-state index is 0.0652. The lowest BCUT2D eigenvalue weighted by Crippen LogP contribution is -2.53. The number of benzene rings is 2. The van der Waals surface area contributed by atoms with Crippen LogP contribution in [0.2, 0.25) is 5.02 Å². The van der Waals surface area contributed by atoms with Gasteiger partial charge in [-0.3, -0.25) is 0 Å². The Labute approximate surface area is 201 Å². The molecule has 33 heavy (non-hydrogen) atoms. The number of amides is 1. The van der Waals surface area contributed by atoms with Crippen molar-refractivity contribution < 1.29 is 23.8 Å². The Morgan fingerprint density at radius 3 is 2.21 bits per heavy atom. The van der Waals surface area contributed by atoms with Crippen molar-refractivity contribution in [3.05, 3.63) is 64.2 Å². The van der Waals surface area contributed by atoms with Crippen LogP contribution in [-0.4, -0.2) is 36.2 Å². The maximum atomic E-state index is 12.2. The van der Waals surface area contributed by atoms with Crippen molar-refractivity contribution in [1.29, 1.82) is 0 Å². The molecule has 0 radical (unpaired) electrons. The predicted molar refractivity (Wildman–Crippen MR) is 130 cm³/mol. The number of nitrogens with one attached hydrogen (secondary N) is 1. The first-order valence-corrected chi connectivity index (χ1v) is 11.3. The van der Waals surface area contributed by atoms with Gasteiger partial charge in [0.15, 0.2) is 0 Å². The van der Waals surface area contributed by atoms with Gasteiger partial charge in [-0.05, 0) is 71.7 Å². The van der Waals surface area contributed by atoms with Gasteiger partial charge < -0.3 is 24.3 Å². The summed E-state index contributed by atoms with van der Waals surface area (Å²) in [5.41, 5.74) is 1.10. The highest BCUT2D eigenvalue weighted by molar-refractivity contribution is 6.32. The Morgan fingerprint density at radius 1 is 1.06 bits per heavy atom. The van der Waals surface area contributed by atoms with Gasteiger partial charge in [-0.25, -0.2) is 4.79 Å². The standard InChI is InChI=1S/C26H34ClNO5/c1-17-8-11-20(12-9-17)23(32-22-13-10-18(2)14-21(22)27)19(3)31-16-26(7,15-29)28-24(30)33-25(4,5)6/h8-15,19,23H,16H2,1-7H3,(H,28,30)/t19-,23-,26+/m0/s1. The highest BCUT2D eigenvalue weighted by Crippen LogP contribution is 2.32. The molecule has 3 atom stereocenters. The Balaban J connectivity index is 2.19. The van der Waals surface area contributed by atoms with Crippen LogP contribution in [0.4, 0.5) is 4.79 Å². The smallest absolute Gasteiger partial charge is 0.408 e. The first-order chi connectivity index (χ1) is 15.3. The van der Waals surface area contributed by atoms with Crippen LogP contribution in [-0.2, 0) is 14.3 Å². The van der Waals surface area contributed by atoms with E-state index in [1.165, 1.54) is 0 Å². The fourth-order valence-electron chi connectivity index (χ4n) is 3.06. The fourth-order valence-corrected chi connectivity index (χ4v) is 3.34. The third kappa shape index (κ3) is 8.37. The summed E-state index contributed by atoms with van der Waals surface area (Å²) in [6, 6.07) is 13.5. The van der Waals surface area contributed by atoms with Crippen LogP contribution in [0.15, 0.2) is 42.5 Å². The Hall–Kier alpha value is -2.57. The van der Waals surface area contributed by atoms with Gasteiger partial charge in [0.05, 0.1) is 17.7 Å². The van der Waals surface area contributed by atoms with Crippen molar-refractivity contribution in [3.63, 3.8) is 0 Å². The summed E-state index contributed by atoms with van der Waals surface area (Å²) in [5.74, 6) is 0.535. The van der Waals surface area contributed by atoms with Gasteiger partial charge in [-0.2, -0.15) is 0 Å². The largest absolute Gasteiger partial charge is 0.481 e. The van der Waals surface area contributed by atoms with Gasteiger partial charge in [0.25, 0.3) is 0 Å². The molecule has 7 heteroatoms. The molecule has 0 aliphatic heterocycles. The Bertz CT molecular complexity index is 954. The van der Waals surface area contributed by atoms with Crippen LogP contribution in [0, 0.1) is 13.8 Å². The summed E-state index contributed by atoms with van der Waals surface area (Å²) >= 11 is 6.40. The van der Waals surface area contributed by atoms with E-state index in [-0.39, 0.29) is 6.61 Å². The van der Waals surface area contributed by atoms with Gasteiger partial charge in [-0.1, -0.05) is 47.5 Å². The zero-order valence-corrected chi connectivity index (χ0v) is 21.2. The molecule has 0 saturated heterocycles. The molecule has 0 aromatic heterocycles. The van der Waals surface area contributed by atoms with Crippen LogP contribution in [0.25, 0.3) is 0 Å². The number of halogens is 1. The summed E-state index contributed by atoms with van der Waals surface area (Å²) in [6.45, 7) is 12.6. The normalized spacial score (nSPS) is 15.2. The molecule has 0 saturated carbocycles. The average Bonchev–Trinajstić information content (AvgIpc) is 2.71. The number of alkyl carbamates (subject to hydrolysis) is 1. The maximum Gasteiger partial charge on any atom is 0.408 e.